The molecule has 2 aromatic rings. The molecule has 0 bridgehead atoms. The van der Waals surface area contributed by atoms with Crippen LogP contribution in [-0.4, -0.2) is 24.5 Å². The number of nitrogens with one attached hydrogen (secondary N) is 2. The smallest absolute Gasteiger partial charge is 0.214 e. The van der Waals surface area contributed by atoms with E-state index in [4.69, 9.17) is 4.42 Å². The third-order valence-corrected chi connectivity index (χ3v) is 3.89. The van der Waals surface area contributed by atoms with Crippen LogP contribution in [0.2, 0.25) is 0 Å². The number of aromatic nitrogens is 1. The molecule has 2 rings (SSSR count). The topological polar surface area (TPSA) is 62.5 Å². The average molecular weight is 511 g/mol. The Morgan fingerprint density at radius 1 is 1.33 bits per heavy atom. The fourth-order valence-electron chi connectivity index (χ4n) is 2.05. The zero-order valence-electron chi connectivity index (χ0n) is 13.8. The number of hydrogen-bond donors (Lipinski definition) is 2. The Morgan fingerprint density at radius 3 is 2.71 bits per heavy atom. The maximum absolute atomic E-state index is 13.7. The lowest BCUT2D eigenvalue weighted by Gasteiger charge is -2.11. The molecular weight excluding hydrogens is 490 g/mol. The summed E-state index contributed by atoms with van der Waals surface area (Å²) in [5.74, 6) is 1.84. The van der Waals surface area contributed by atoms with E-state index in [1.54, 1.807) is 19.2 Å². The van der Waals surface area contributed by atoms with Crippen LogP contribution in [0.25, 0.3) is 0 Å². The van der Waals surface area contributed by atoms with Crippen molar-refractivity contribution in [3.63, 3.8) is 0 Å². The number of nitrogens with zero attached hydrogens (tertiary/aromatic N) is 2. The fourth-order valence-corrected chi connectivity index (χ4v) is 2.45. The van der Waals surface area contributed by atoms with Crippen molar-refractivity contribution in [3.05, 3.63) is 51.4 Å². The number of halogens is 3. The first-order valence-corrected chi connectivity index (χ1v) is 8.10. The van der Waals surface area contributed by atoms with Gasteiger partial charge in [-0.3, -0.25) is 4.99 Å². The molecule has 1 aromatic carbocycles. The summed E-state index contributed by atoms with van der Waals surface area (Å²) in [6.45, 7) is 4.80. The molecule has 0 aliphatic carbocycles. The lowest BCUT2D eigenvalue weighted by molar-refractivity contribution is 0.463. The van der Waals surface area contributed by atoms with Gasteiger partial charge < -0.3 is 15.1 Å². The third-order valence-electron chi connectivity index (χ3n) is 3.40. The number of oxazole rings is 1. The molecule has 0 atom stereocenters. The highest BCUT2D eigenvalue weighted by atomic mass is 127. The van der Waals surface area contributed by atoms with Crippen molar-refractivity contribution >= 4 is 45.9 Å². The van der Waals surface area contributed by atoms with Crippen LogP contribution in [0.3, 0.4) is 0 Å². The Labute approximate surface area is 166 Å². The molecule has 24 heavy (non-hydrogen) atoms. The van der Waals surface area contributed by atoms with Gasteiger partial charge in [0.25, 0.3) is 0 Å². The molecule has 0 saturated carbocycles. The van der Waals surface area contributed by atoms with E-state index in [2.05, 4.69) is 36.5 Å². The lowest BCUT2D eigenvalue weighted by Crippen LogP contribution is -2.38. The highest BCUT2D eigenvalue weighted by Crippen LogP contribution is 2.15. The van der Waals surface area contributed by atoms with Crippen LogP contribution in [0.4, 0.5) is 4.39 Å². The SMILES string of the molecule is CN=C(NCCc1cc(Br)ccc1F)NCc1nc(C)c(C)o1.I. The summed E-state index contributed by atoms with van der Waals surface area (Å²) in [5, 5.41) is 6.26. The molecule has 0 fully saturated rings. The first-order valence-electron chi connectivity index (χ1n) is 7.31. The molecule has 2 N–H and O–H groups in total. The zero-order valence-corrected chi connectivity index (χ0v) is 17.7. The molecule has 5 nitrogen and oxygen atoms in total. The minimum atomic E-state index is -0.205. The van der Waals surface area contributed by atoms with Crippen molar-refractivity contribution in [2.24, 2.45) is 4.99 Å². The summed E-state index contributed by atoms with van der Waals surface area (Å²) in [7, 11) is 1.68. The molecule has 8 heteroatoms. The Bertz CT molecular complexity index is 686. The van der Waals surface area contributed by atoms with Crippen LogP contribution in [0, 0.1) is 19.7 Å². The number of guanidine groups is 1. The minimum Gasteiger partial charge on any atom is -0.444 e. The van der Waals surface area contributed by atoms with Gasteiger partial charge in [0.1, 0.15) is 11.6 Å². The highest BCUT2D eigenvalue weighted by molar-refractivity contribution is 14.0. The Hall–Kier alpha value is -1.16. The van der Waals surface area contributed by atoms with Crippen molar-refractivity contribution in [3.8, 4) is 0 Å². The highest BCUT2D eigenvalue weighted by Gasteiger charge is 2.07. The normalized spacial score (nSPS) is 11.1. The molecule has 0 aliphatic heterocycles. The number of benzene rings is 1. The predicted molar refractivity (Wildman–Crippen MR) is 107 cm³/mol. The maximum atomic E-state index is 13.7. The van der Waals surface area contributed by atoms with Crippen LogP contribution in [-0.2, 0) is 13.0 Å². The number of rotatable bonds is 5. The van der Waals surface area contributed by atoms with E-state index >= 15 is 0 Å². The molecular formula is C16H21BrFIN4O. The standard InChI is InChI=1S/C16H20BrFN4O.HI/c1-10-11(2)23-15(22-10)9-21-16(19-3)20-7-6-12-8-13(17)4-5-14(12)18;/h4-5,8H,6-7,9H2,1-3H3,(H2,19,20,21);1H. The molecule has 1 aromatic heterocycles. The van der Waals surface area contributed by atoms with Gasteiger partial charge in [-0.1, -0.05) is 15.9 Å². The van der Waals surface area contributed by atoms with Crippen LogP contribution in [0.5, 0.6) is 0 Å². The van der Waals surface area contributed by atoms with E-state index in [0.717, 1.165) is 15.9 Å². The van der Waals surface area contributed by atoms with Crippen molar-refractivity contribution in [1.29, 1.82) is 0 Å². The van der Waals surface area contributed by atoms with Crippen LogP contribution in [0.1, 0.15) is 22.9 Å². The van der Waals surface area contributed by atoms with Gasteiger partial charge >= 0.3 is 0 Å². The number of aryl methyl sites for hydroxylation is 2. The number of hydrogen-bond acceptors (Lipinski definition) is 3. The monoisotopic (exact) mass is 510 g/mol. The van der Waals surface area contributed by atoms with Crippen molar-refractivity contribution < 1.29 is 8.81 Å². The second-order valence-electron chi connectivity index (χ2n) is 5.09. The summed E-state index contributed by atoms with van der Waals surface area (Å²) in [4.78, 5) is 8.42. The summed E-state index contributed by atoms with van der Waals surface area (Å²) >= 11 is 3.35. The minimum absolute atomic E-state index is 0. The molecule has 1 heterocycles. The van der Waals surface area contributed by atoms with Crippen molar-refractivity contribution in [2.75, 3.05) is 13.6 Å². The van der Waals surface area contributed by atoms with Crippen LogP contribution < -0.4 is 10.6 Å². The van der Waals surface area contributed by atoms with Gasteiger partial charge in [0, 0.05) is 18.1 Å². The van der Waals surface area contributed by atoms with E-state index in [-0.39, 0.29) is 29.8 Å². The van der Waals surface area contributed by atoms with E-state index in [0.29, 0.717) is 36.9 Å². The molecule has 0 saturated heterocycles. The predicted octanol–water partition coefficient (Wildman–Crippen LogP) is 3.72. The molecule has 0 amide bonds. The van der Waals surface area contributed by atoms with Crippen molar-refractivity contribution in [2.45, 2.75) is 26.8 Å². The van der Waals surface area contributed by atoms with E-state index in [1.807, 2.05) is 13.8 Å². The molecule has 0 radical (unpaired) electrons. The summed E-state index contributed by atoms with van der Waals surface area (Å²) in [5.41, 5.74) is 1.54. The lowest BCUT2D eigenvalue weighted by atomic mass is 10.1. The van der Waals surface area contributed by atoms with Gasteiger partial charge in [0.2, 0.25) is 5.89 Å². The molecule has 0 spiro atoms. The molecule has 0 unspecified atom stereocenters. The Morgan fingerprint density at radius 2 is 2.08 bits per heavy atom. The second-order valence-corrected chi connectivity index (χ2v) is 6.00. The fraction of sp³-hybridized carbons (Fsp3) is 0.375. The Kier molecular flexibility index (Phi) is 8.68. The maximum Gasteiger partial charge on any atom is 0.214 e. The second kappa shape index (κ2) is 9.97. The van der Waals surface area contributed by atoms with Crippen LogP contribution in [0.15, 0.2) is 32.1 Å². The van der Waals surface area contributed by atoms with Crippen LogP contribution >= 0.6 is 39.9 Å². The van der Waals surface area contributed by atoms with Gasteiger partial charge in [-0.2, -0.15) is 0 Å². The Balaban J connectivity index is 0.00000288. The summed E-state index contributed by atoms with van der Waals surface area (Å²) < 4.78 is 20.0. The molecule has 132 valence electrons. The first kappa shape index (κ1) is 20.9. The summed E-state index contributed by atoms with van der Waals surface area (Å²) in [6.07, 6.45) is 0.559. The summed E-state index contributed by atoms with van der Waals surface area (Å²) in [6, 6.07) is 4.93. The quantitative estimate of drug-likeness (QED) is 0.365. The average Bonchev–Trinajstić information content (AvgIpc) is 2.84. The van der Waals surface area contributed by atoms with E-state index in [1.165, 1.54) is 6.07 Å². The van der Waals surface area contributed by atoms with E-state index in [9.17, 15) is 4.39 Å². The molecule has 0 aliphatic rings. The zero-order chi connectivity index (χ0) is 16.8. The van der Waals surface area contributed by atoms with Gasteiger partial charge in [-0.15, -0.1) is 24.0 Å². The van der Waals surface area contributed by atoms with Gasteiger partial charge in [0.15, 0.2) is 5.96 Å². The van der Waals surface area contributed by atoms with Gasteiger partial charge in [-0.05, 0) is 44.0 Å². The van der Waals surface area contributed by atoms with E-state index < -0.39 is 0 Å². The van der Waals surface area contributed by atoms with Crippen molar-refractivity contribution in [1.82, 2.24) is 15.6 Å². The number of aliphatic imine (C=N–C) groups is 1. The third kappa shape index (κ3) is 6.04. The van der Waals surface area contributed by atoms with Gasteiger partial charge in [0.05, 0.1) is 12.2 Å². The largest absolute Gasteiger partial charge is 0.444 e. The first-order chi connectivity index (χ1) is 11.0. The van der Waals surface area contributed by atoms with Gasteiger partial charge in [-0.25, -0.2) is 9.37 Å².